The van der Waals surface area contributed by atoms with E-state index in [1.807, 2.05) is 19.3 Å². The Morgan fingerprint density at radius 3 is 3.15 bits per heavy atom. The van der Waals surface area contributed by atoms with Gasteiger partial charge in [0, 0.05) is 18.9 Å². The van der Waals surface area contributed by atoms with Crippen LogP contribution in [-0.4, -0.2) is 16.1 Å². The maximum absolute atomic E-state index is 4.24. The smallest absolute Gasteiger partial charge is 0.122 e. The summed E-state index contributed by atoms with van der Waals surface area (Å²) in [4.78, 5) is 4.24. The standard InChI is InChI=1S/C10H15N3/c1-3-5-6-11-9-10-12-7-8-13(10)4-2/h7-8,11H,4,6,9H2,1-2H3. The van der Waals surface area contributed by atoms with Gasteiger partial charge < -0.3 is 4.57 Å². The monoisotopic (exact) mass is 177 g/mol. The second-order valence-corrected chi connectivity index (χ2v) is 2.66. The van der Waals surface area contributed by atoms with Crippen molar-refractivity contribution in [2.75, 3.05) is 6.54 Å². The highest BCUT2D eigenvalue weighted by Gasteiger charge is 1.98. The van der Waals surface area contributed by atoms with Gasteiger partial charge in [-0.1, -0.05) is 5.92 Å². The van der Waals surface area contributed by atoms with E-state index in [-0.39, 0.29) is 0 Å². The minimum Gasteiger partial charge on any atom is -0.334 e. The van der Waals surface area contributed by atoms with Crippen LogP contribution in [0.4, 0.5) is 0 Å². The first-order valence-corrected chi connectivity index (χ1v) is 4.48. The molecule has 1 N–H and O–H groups in total. The van der Waals surface area contributed by atoms with Gasteiger partial charge in [-0.3, -0.25) is 5.32 Å². The third-order valence-corrected chi connectivity index (χ3v) is 1.82. The van der Waals surface area contributed by atoms with Gasteiger partial charge in [-0.05, 0) is 13.8 Å². The lowest BCUT2D eigenvalue weighted by Crippen LogP contribution is -2.16. The van der Waals surface area contributed by atoms with Crippen molar-refractivity contribution in [1.82, 2.24) is 14.9 Å². The molecule has 0 spiro atoms. The van der Waals surface area contributed by atoms with Crippen LogP contribution in [0.3, 0.4) is 0 Å². The van der Waals surface area contributed by atoms with E-state index >= 15 is 0 Å². The van der Waals surface area contributed by atoms with Crippen molar-refractivity contribution in [2.45, 2.75) is 26.9 Å². The van der Waals surface area contributed by atoms with Gasteiger partial charge in [0.1, 0.15) is 5.82 Å². The molecule has 0 atom stereocenters. The highest BCUT2D eigenvalue weighted by molar-refractivity contribution is 4.98. The zero-order valence-corrected chi connectivity index (χ0v) is 8.17. The summed E-state index contributed by atoms with van der Waals surface area (Å²) in [5.41, 5.74) is 0. The Morgan fingerprint density at radius 1 is 1.62 bits per heavy atom. The molecule has 0 amide bonds. The molecule has 0 aromatic carbocycles. The molecule has 0 aliphatic rings. The number of imidazole rings is 1. The molecule has 13 heavy (non-hydrogen) atoms. The Hall–Kier alpha value is -1.27. The molecule has 3 nitrogen and oxygen atoms in total. The quantitative estimate of drug-likeness (QED) is 0.549. The van der Waals surface area contributed by atoms with Crippen LogP contribution >= 0.6 is 0 Å². The maximum Gasteiger partial charge on any atom is 0.122 e. The summed E-state index contributed by atoms with van der Waals surface area (Å²) in [7, 11) is 0. The van der Waals surface area contributed by atoms with Crippen LogP contribution in [-0.2, 0) is 13.1 Å². The normalized spacial score (nSPS) is 9.38. The molecule has 1 aromatic heterocycles. The summed E-state index contributed by atoms with van der Waals surface area (Å²) < 4.78 is 2.12. The Labute approximate surface area is 79.2 Å². The van der Waals surface area contributed by atoms with Crippen LogP contribution in [0.25, 0.3) is 0 Å². The zero-order chi connectivity index (χ0) is 9.52. The highest BCUT2D eigenvalue weighted by atomic mass is 15.1. The SMILES string of the molecule is CC#CCNCc1nccn1CC. The summed E-state index contributed by atoms with van der Waals surface area (Å²) >= 11 is 0. The summed E-state index contributed by atoms with van der Waals surface area (Å²) in [6.07, 6.45) is 3.81. The van der Waals surface area contributed by atoms with Crippen LogP contribution in [0.1, 0.15) is 19.7 Å². The van der Waals surface area contributed by atoms with E-state index < -0.39 is 0 Å². The van der Waals surface area contributed by atoms with E-state index in [4.69, 9.17) is 0 Å². The second-order valence-electron chi connectivity index (χ2n) is 2.66. The van der Waals surface area contributed by atoms with Gasteiger partial charge >= 0.3 is 0 Å². The van der Waals surface area contributed by atoms with Crippen molar-refractivity contribution in [3.05, 3.63) is 18.2 Å². The first-order chi connectivity index (χ1) is 6.38. The van der Waals surface area contributed by atoms with Crippen molar-refractivity contribution in [3.8, 4) is 11.8 Å². The Kier molecular flexibility index (Phi) is 4.07. The van der Waals surface area contributed by atoms with E-state index in [1.165, 1.54) is 0 Å². The molecule has 0 radical (unpaired) electrons. The van der Waals surface area contributed by atoms with Gasteiger partial charge in [0.15, 0.2) is 0 Å². The predicted octanol–water partition coefficient (Wildman–Crippen LogP) is 1.02. The molecular formula is C10H15N3. The third kappa shape index (κ3) is 2.92. The van der Waals surface area contributed by atoms with Gasteiger partial charge in [0.25, 0.3) is 0 Å². The van der Waals surface area contributed by atoms with E-state index in [1.54, 1.807) is 0 Å². The molecule has 70 valence electrons. The Bertz CT molecular complexity index is 303. The number of rotatable bonds is 4. The molecule has 0 unspecified atom stereocenters. The van der Waals surface area contributed by atoms with Crippen LogP contribution in [0.2, 0.25) is 0 Å². The predicted molar refractivity (Wildman–Crippen MR) is 53.1 cm³/mol. The van der Waals surface area contributed by atoms with Crippen molar-refractivity contribution in [2.24, 2.45) is 0 Å². The lowest BCUT2D eigenvalue weighted by molar-refractivity contribution is 0.643. The van der Waals surface area contributed by atoms with Gasteiger partial charge in [-0.2, -0.15) is 0 Å². The van der Waals surface area contributed by atoms with E-state index in [2.05, 4.69) is 33.6 Å². The fraction of sp³-hybridized carbons (Fsp3) is 0.500. The van der Waals surface area contributed by atoms with Gasteiger partial charge in [-0.15, -0.1) is 5.92 Å². The van der Waals surface area contributed by atoms with Crippen molar-refractivity contribution >= 4 is 0 Å². The van der Waals surface area contributed by atoms with Crippen LogP contribution < -0.4 is 5.32 Å². The Morgan fingerprint density at radius 2 is 2.46 bits per heavy atom. The molecule has 1 aromatic rings. The van der Waals surface area contributed by atoms with E-state index in [0.717, 1.165) is 25.5 Å². The third-order valence-electron chi connectivity index (χ3n) is 1.82. The molecule has 1 rings (SSSR count). The summed E-state index contributed by atoms with van der Waals surface area (Å²) in [5, 5.41) is 3.21. The van der Waals surface area contributed by atoms with Crippen molar-refractivity contribution < 1.29 is 0 Å². The first kappa shape index (κ1) is 9.82. The minimum absolute atomic E-state index is 0.729. The molecule has 0 bridgehead atoms. The summed E-state index contributed by atoms with van der Waals surface area (Å²) in [6, 6.07) is 0. The topological polar surface area (TPSA) is 29.9 Å². The van der Waals surface area contributed by atoms with Crippen LogP contribution in [0.5, 0.6) is 0 Å². The molecule has 0 fully saturated rings. The molecule has 0 saturated carbocycles. The number of aromatic nitrogens is 2. The lowest BCUT2D eigenvalue weighted by atomic mass is 10.5. The van der Waals surface area contributed by atoms with Crippen molar-refractivity contribution in [1.29, 1.82) is 0 Å². The molecule has 3 heteroatoms. The highest BCUT2D eigenvalue weighted by Crippen LogP contribution is 1.95. The van der Waals surface area contributed by atoms with Gasteiger partial charge in [-0.25, -0.2) is 4.98 Å². The first-order valence-electron chi connectivity index (χ1n) is 4.48. The average Bonchev–Trinajstić information content (AvgIpc) is 2.60. The van der Waals surface area contributed by atoms with Gasteiger partial charge in [0.2, 0.25) is 0 Å². The number of aryl methyl sites for hydroxylation is 1. The maximum atomic E-state index is 4.24. The Balaban J connectivity index is 2.38. The van der Waals surface area contributed by atoms with E-state index in [0.29, 0.717) is 0 Å². The molecule has 0 saturated heterocycles. The van der Waals surface area contributed by atoms with Gasteiger partial charge in [0.05, 0.1) is 13.1 Å². The molecule has 0 aliphatic carbocycles. The number of nitrogens with one attached hydrogen (secondary N) is 1. The zero-order valence-electron chi connectivity index (χ0n) is 8.17. The van der Waals surface area contributed by atoms with Crippen molar-refractivity contribution in [3.63, 3.8) is 0 Å². The fourth-order valence-corrected chi connectivity index (χ4v) is 1.12. The van der Waals surface area contributed by atoms with Crippen LogP contribution in [0, 0.1) is 11.8 Å². The number of hydrogen-bond donors (Lipinski definition) is 1. The lowest BCUT2D eigenvalue weighted by Gasteiger charge is -2.03. The number of hydrogen-bond acceptors (Lipinski definition) is 2. The molecule has 1 heterocycles. The summed E-state index contributed by atoms with van der Waals surface area (Å²) in [6.45, 7) is 6.44. The minimum atomic E-state index is 0.729. The largest absolute Gasteiger partial charge is 0.334 e. The molecule has 0 aliphatic heterocycles. The molecular weight excluding hydrogens is 162 g/mol. The number of nitrogens with zero attached hydrogens (tertiary/aromatic N) is 2. The van der Waals surface area contributed by atoms with Crippen LogP contribution in [0.15, 0.2) is 12.4 Å². The fourth-order valence-electron chi connectivity index (χ4n) is 1.12. The second kappa shape index (κ2) is 5.39. The average molecular weight is 177 g/mol. The van der Waals surface area contributed by atoms with E-state index in [9.17, 15) is 0 Å². The summed E-state index contributed by atoms with van der Waals surface area (Å²) in [5.74, 6) is 6.86.